The second-order valence-corrected chi connectivity index (χ2v) is 3.27. The van der Waals surface area contributed by atoms with Crippen LogP contribution in [0.5, 0.6) is 0 Å². The predicted octanol–water partition coefficient (Wildman–Crippen LogP) is 3.48. The molecule has 4 heteroatoms. The van der Waals surface area contributed by atoms with Crippen LogP contribution in [0, 0.1) is 17.8 Å². The molecule has 1 aromatic carbocycles. The fourth-order valence-corrected chi connectivity index (χ4v) is 1.44. The Morgan fingerprint density at radius 3 is 2.80 bits per heavy atom. The van der Waals surface area contributed by atoms with E-state index in [-0.39, 0.29) is 0 Å². The molecule has 1 heterocycles. The molecular weight excluding hydrogens is 220 g/mol. The minimum Gasteiger partial charge on any atom is -0.225 e. The van der Waals surface area contributed by atoms with E-state index in [1.165, 1.54) is 6.20 Å². The van der Waals surface area contributed by atoms with Gasteiger partial charge >= 0.3 is 0 Å². The Balaban J connectivity index is 2.55. The lowest BCUT2D eigenvalue weighted by Gasteiger charge is -2.03. The molecule has 1 radical (unpaired) electrons. The number of nitrogens with zero attached hydrogens (tertiary/aromatic N) is 1. The normalized spacial score (nSPS) is 10.3. The number of benzene rings is 1. The maximum absolute atomic E-state index is 12.9. The van der Waals surface area contributed by atoms with Crippen LogP contribution in [0.2, 0.25) is 5.02 Å². The van der Waals surface area contributed by atoms with Crippen molar-refractivity contribution in [1.29, 1.82) is 0 Å². The van der Waals surface area contributed by atoms with Crippen LogP contribution in [0.25, 0.3) is 11.1 Å². The summed E-state index contributed by atoms with van der Waals surface area (Å²) < 4.78 is 25.5. The van der Waals surface area contributed by atoms with Crippen molar-refractivity contribution in [2.45, 2.75) is 0 Å². The summed E-state index contributed by atoms with van der Waals surface area (Å²) in [4.78, 5) is 3.28. The highest BCUT2D eigenvalue weighted by molar-refractivity contribution is 6.33. The molecule has 0 aliphatic carbocycles. The number of aromatic nitrogens is 1. The Hall–Kier alpha value is -1.48. The molecule has 0 fully saturated rings. The summed E-state index contributed by atoms with van der Waals surface area (Å²) in [5.41, 5.74) is 1.00. The number of hydrogen-bond donors (Lipinski definition) is 0. The first-order valence-corrected chi connectivity index (χ1v) is 4.54. The molecule has 0 saturated carbocycles. The van der Waals surface area contributed by atoms with E-state index in [0.717, 1.165) is 6.07 Å². The van der Waals surface area contributed by atoms with Crippen LogP contribution >= 0.6 is 11.6 Å². The van der Waals surface area contributed by atoms with Gasteiger partial charge in [-0.3, -0.25) is 0 Å². The first kappa shape index (κ1) is 10.1. The smallest absolute Gasteiger partial charge is 0.225 e. The highest BCUT2D eigenvalue weighted by Crippen LogP contribution is 2.27. The van der Waals surface area contributed by atoms with Crippen molar-refractivity contribution in [3.8, 4) is 11.1 Å². The lowest BCUT2D eigenvalue weighted by molar-refractivity contribution is 0.480. The molecule has 0 bridgehead atoms. The SMILES string of the molecule is Fc1cc(-c2ccc[c]c2Cl)cnc1F. The molecule has 0 unspecified atom stereocenters. The van der Waals surface area contributed by atoms with Crippen LogP contribution in [0.15, 0.2) is 30.5 Å². The molecule has 2 rings (SSSR count). The summed E-state index contributed by atoms with van der Waals surface area (Å²) in [5.74, 6) is -2.11. The van der Waals surface area contributed by atoms with Crippen molar-refractivity contribution in [3.63, 3.8) is 0 Å². The number of pyridine rings is 1. The third kappa shape index (κ3) is 1.97. The lowest BCUT2D eigenvalue weighted by Crippen LogP contribution is -1.90. The summed E-state index contributed by atoms with van der Waals surface area (Å²) in [6.07, 6.45) is 1.23. The van der Waals surface area contributed by atoms with E-state index in [4.69, 9.17) is 11.6 Å². The highest BCUT2D eigenvalue weighted by atomic mass is 35.5. The monoisotopic (exact) mass is 224 g/mol. The van der Waals surface area contributed by atoms with Crippen molar-refractivity contribution in [3.05, 3.63) is 53.3 Å². The van der Waals surface area contributed by atoms with Crippen LogP contribution in [-0.4, -0.2) is 4.98 Å². The van der Waals surface area contributed by atoms with E-state index in [1.54, 1.807) is 18.2 Å². The van der Waals surface area contributed by atoms with Gasteiger partial charge in [0.25, 0.3) is 0 Å². The summed E-state index contributed by atoms with van der Waals surface area (Å²) in [5, 5.41) is 0.352. The van der Waals surface area contributed by atoms with E-state index in [0.29, 0.717) is 16.1 Å². The molecule has 0 saturated heterocycles. The molecule has 15 heavy (non-hydrogen) atoms. The fourth-order valence-electron chi connectivity index (χ4n) is 1.21. The van der Waals surface area contributed by atoms with Crippen molar-refractivity contribution < 1.29 is 8.78 Å². The molecule has 75 valence electrons. The highest BCUT2D eigenvalue weighted by Gasteiger charge is 2.07. The van der Waals surface area contributed by atoms with Crippen LogP contribution in [-0.2, 0) is 0 Å². The average molecular weight is 225 g/mol. The molecule has 2 aromatic rings. The van der Waals surface area contributed by atoms with Gasteiger partial charge in [-0.15, -0.1) is 0 Å². The average Bonchev–Trinajstić information content (AvgIpc) is 2.23. The minimum atomic E-state index is -1.12. The van der Waals surface area contributed by atoms with Gasteiger partial charge in [-0.05, 0) is 6.07 Å². The third-order valence-corrected chi connectivity index (χ3v) is 2.23. The first-order chi connectivity index (χ1) is 7.18. The Labute approximate surface area is 90.3 Å². The van der Waals surface area contributed by atoms with Crippen molar-refractivity contribution >= 4 is 11.6 Å². The second-order valence-electron chi connectivity index (χ2n) is 2.89. The van der Waals surface area contributed by atoms with Gasteiger partial charge in [0.2, 0.25) is 5.95 Å². The summed E-state index contributed by atoms with van der Waals surface area (Å²) in [7, 11) is 0. The van der Waals surface area contributed by atoms with Gasteiger partial charge in [-0.2, -0.15) is 4.39 Å². The van der Waals surface area contributed by atoms with Gasteiger partial charge in [0.05, 0.1) is 5.02 Å². The number of hydrogen-bond acceptors (Lipinski definition) is 1. The maximum Gasteiger partial charge on any atom is 0.248 e. The summed E-state index contributed by atoms with van der Waals surface area (Å²) >= 11 is 5.85. The van der Waals surface area contributed by atoms with Crippen LogP contribution in [0.1, 0.15) is 0 Å². The van der Waals surface area contributed by atoms with E-state index in [1.807, 2.05) is 0 Å². The molecule has 0 aliphatic heterocycles. The maximum atomic E-state index is 12.9. The van der Waals surface area contributed by atoms with Crippen molar-refractivity contribution in [1.82, 2.24) is 4.98 Å². The Morgan fingerprint density at radius 2 is 2.13 bits per heavy atom. The number of halogens is 3. The van der Waals surface area contributed by atoms with Gasteiger partial charge < -0.3 is 0 Å². The zero-order valence-electron chi connectivity index (χ0n) is 7.47. The van der Waals surface area contributed by atoms with Crippen LogP contribution < -0.4 is 0 Å². The standard InChI is InChI=1S/C11H5ClF2N/c12-9-4-2-1-3-8(9)7-5-10(13)11(14)15-6-7/h1-3,5-6H. The van der Waals surface area contributed by atoms with E-state index in [2.05, 4.69) is 11.1 Å². The molecule has 0 amide bonds. The van der Waals surface area contributed by atoms with Crippen LogP contribution in [0.3, 0.4) is 0 Å². The molecule has 0 N–H and O–H groups in total. The number of rotatable bonds is 1. The topological polar surface area (TPSA) is 12.9 Å². The lowest BCUT2D eigenvalue weighted by atomic mass is 10.1. The van der Waals surface area contributed by atoms with Crippen LogP contribution in [0.4, 0.5) is 8.78 Å². The second kappa shape index (κ2) is 3.95. The Morgan fingerprint density at radius 1 is 1.33 bits per heavy atom. The van der Waals surface area contributed by atoms with Crippen molar-refractivity contribution in [2.24, 2.45) is 0 Å². The molecular formula is C11H5ClF2N. The fraction of sp³-hybridized carbons (Fsp3) is 0. The van der Waals surface area contributed by atoms with Gasteiger partial charge in [0.1, 0.15) is 0 Å². The van der Waals surface area contributed by atoms with Gasteiger partial charge in [0, 0.05) is 23.4 Å². The van der Waals surface area contributed by atoms with Gasteiger partial charge in [-0.1, -0.05) is 29.8 Å². The van der Waals surface area contributed by atoms with E-state index >= 15 is 0 Å². The molecule has 0 atom stereocenters. The van der Waals surface area contributed by atoms with Gasteiger partial charge in [-0.25, -0.2) is 9.37 Å². The molecule has 0 spiro atoms. The quantitative estimate of drug-likeness (QED) is 0.676. The first-order valence-electron chi connectivity index (χ1n) is 4.16. The molecule has 1 nitrogen and oxygen atoms in total. The Kier molecular flexibility index (Phi) is 2.64. The summed E-state index contributed by atoms with van der Waals surface area (Å²) in [6.45, 7) is 0. The van der Waals surface area contributed by atoms with E-state index < -0.39 is 11.8 Å². The van der Waals surface area contributed by atoms with Gasteiger partial charge in [0.15, 0.2) is 5.82 Å². The zero-order valence-corrected chi connectivity index (χ0v) is 8.22. The minimum absolute atomic E-state index is 0.352. The zero-order chi connectivity index (χ0) is 10.8. The third-order valence-electron chi connectivity index (χ3n) is 1.91. The Bertz CT molecular complexity index is 500. The largest absolute Gasteiger partial charge is 0.248 e. The predicted molar refractivity (Wildman–Crippen MR) is 53.4 cm³/mol. The molecule has 0 aliphatic rings. The molecule has 1 aromatic heterocycles. The summed E-state index contributed by atoms with van der Waals surface area (Å²) in [6, 6.07) is 8.84. The van der Waals surface area contributed by atoms with Crippen molar-refractivity contribution in [2.75, 3.05) is 0 Å². The van der Waals surface area contributed by atoms with E-state index in [9.17, 15) is 8.78 Å².